The van der Waals surface area contributed by atoms with E-state index in [1.54, 1.807) is 12.1 Å². The minimum absolute atomic E-state index is 0.0258. The number of anilines is 1. The molecule has 1 amide bonds. The SMILES string of the molecule is Cc1n[nH]c(C)c1NC(=O)CN1CCN(S(=O)(=O)c2ccc(C(C)(C)C)cc2)CC1. The number of aromatic amines is 1. The number of aromatic nitrogens is 2. The number of sulfonamides is 1. The summed E-state index contributed by atoms with van der Waals surface area (Å²) < 4.78 is 27.5. The Morgan fingerprint density at radius 3 is 2.20 bits per heavy atom. The minimum atomic E-state index is -3.53. The number of hydrogen-bond donors (Lipinski definition) is 2. The molecule has 1 fully saturated rings. The zero-order chi connectivity index (χ0) is 22.1. The van der Waals surface area contributed by atoms with Gasteiger partial charge < -0.3 is 5.32 Å². The molecule has 1 aromatic carbocycles. The van der Waals surface area contributed by atoms with Crippen molar-refractivity contribution in [2.45, 2.75) is 44.9 Å². The van der Waals surface area contributed by atoms with Crippen LogP contribution in [0.5, 0.6) is 0 Å². The number of hydrogen-bond acceptors (Lipinski definition) is 5. The highest BCUT2D eigenvalue weighted by atomic mass is 32.2. The van der Waals surface area contributed by atoms with Crippen LogP contribution in [0.4, 0.5) is 5.69 Å². The first-order valence-corrected chi connectivity index (χ1v) is 11.6. The molecule has 0 unspecified atom stereocenters. The fourth-order valence-electron chi connectivity index (χ4n) is 3.52. The molecule has 0 saturated carbocycles. The number of nitrogens with one attached hydrogen (secondary N) is 2. The van der Waals surface area contributed by atoms with Crippen molar-refractivity contribution in [3.63, 3.8) is 0 Å². The molecule has 2 N–H and O–H groups in total. The van der Waals surface area contributed by atoms with E-state index in [2.05, 4.69) is 36.3 Å². The van der Waals surface area contributed by atoms with Crippen LogP contribution >= 0.6 is 0 Å². The minimum Gasteiger partial charge on any atom is -0.322 e. The lowest BCUT2D eigenvalue weighted by atomic mass is 9.87. The molecule has 0 aliphatic carbocycles. The van der Waals surface area contributed by atoms with Crippen molar-refractivity contribution in [3.05, 3.63) is 41.2 Å². The number of amides is 1. The predicted octanol–water partition coefficient (Wildman–Crippen LogP) is 2.27. The first-order chi connectivity index (χ1) is 14.0. The number of benzene rings is 1. The van der Waals surface area contributed by atoms with Gasteiger partial charge in [0.15, 0.2) is 0 Å². The molecular weight excluding hydrogens is 402 g/mol. The fourth-order valence-corrected chi connectivity index (χ4v) is 4.94. The van der Waals surface area contributed by atoms with E-state index in [0.29, 0.717) is 36.8 Å². The third-order valence-corrected chi connectivity index (χ3v) is 7.36. The molecule has 1 aliphatic rings. The number of carbonyl (C=O) groups excluding carboxylic acids is 1. The molecule has 8 nitrogen and oxygen atoms in total. The molecule has 30 heavy (non-hydrogen) atoms. The smallest absolute Gasteiger partial charge is 0.243 e. The summed E-state index contributed by atoms with van der Waals surface area (Å²) >= 11 is 0. The molecule has 9 heteroatoms. The van der Waals surface area contributed by atoms with Crippen LogP contribution in [-0.4, -0.2) is 66.5 Å². The molecule has 1 aliphatic heterocycles. The second-order valence-electron chi connectivity index (χ2n) is 8.81. The number of H-pyrrole nitrogens is 1. The van der Waals surface area contributed by atoms with Gasteiger partial charge in [-0.05, 0) is 37.0 Å². The van der Waals surface area contributed by atoms with E-state index in [1.165, 1.54) is 4.31 Å². The lowest BCUT2D eigenvalue weighted by Crippen LogP contribution is -2.50. The van der Waals surface area contributed by atoms with Gasteiger partial charge in [-0.15, -0.1) is 0 Å². The Balaban J connectivity index is 1.57. The van der Waals surface area contributed by atoms with Crippen LogP contribution in [0.3, 0.4) is 0 Å². The summed E-state index contributed by atoms with van der Waals surface area (Å²) in [5.74, 6) is -0.128. The summed E-state index contributed by atoms with van der Waals surface area (Å²) in [6.07, 6.45) is 0. The maximum Gasteiger partial charge on any atom is 0.243 e. The van der Waals surface area contributed by atoms with Crippen LogP contribution in [0.2, 0.25) is 0 Å². The van der Waals surface area contributed by atoms with Gasteiger partial charge in [0, 0.05) is 26.2 Å². The highest BCUT2D eigenvalue weighted by Crippen LogP contribution is 2.25. The van der Waals surface area contributed by atoms with Gasteiger partial charge >= 0.3 is 0 Å². The van der Waals surface area contributed by atoms with Crippen LogP contribution in [0.15, 0.2) is 29.2 Å². The second kappa shape index (κ2) is 8.49. The third-order valence-electron chi connectivity index (χ3n) is 5.45. The Morgan fingerprint density at radius 1 is 1.10 bits per heavy atom. The summed E-state index contributed by atoms with van der Waals surface area (Å²) in [6, 6.07) is 7.14. The molecule has 164 valence electrons. The molecule has 0 radical (unpaired) electrons. The zero-order valence-corrected chi connectivity index (χ0v) is 19.1. The lowest BCUT2D eigenvalue weighted by molar-refractivity contribution is -0.117. The fraction of sp³-hybridized carbons (Fsp3) is 0.524. The lowest BCUT2D eigenvalue weighted by Gasteiger charge is -2.33. The van der Waals surface area contributed by atoms with E-state index in [-0.39, 0.29) is 17.9 Å². The first-order valence-electron chi connectivity index (χ1n) is 10.1. The molecule has 1 saturated heterocycles. The average Bonchev–Trinajstić information content (AvgIpc) is 3.00. The summed E-state index contributed by atoms with van der Waals surface area (Å²) in [6.45, 7) is 11.9. The Kier molecular flexibility index (Phi) is 6.35. The van der Waals surface area contributed by atoms with E-state index in [0.717, 1.165) is 17.0 Å². The van der Waals surface area contributed by atoms with Gasteiger partial charge in [0.05, 0.1) is 28.5 Å². The molecule has 3 rings (SSSR count). The van der Waals surface area contributed by atoms with E-state index >= 15 is 0 Å². The monoisotopic (exact) mass is 433 g/mol. The number of nitrogens with zero attached hydrogens (tertiary/aromatic N) is 3. The Labute approximate surface area is 178 Å². The van der Waals surface area contributed by atoms with Crippen molar-refractivity contribution < 1.29 is 13.2 Å². The standard InChI is InChI=1S/C21H31N5O3S/c1-15-20(16(2)24-23-15)22-19(27)14-25-10-12-26(13-11-25)30(28,29)18-8-6-17(7-9-18)21(3,4)5/h6-9H,10-14H2,1-5H3,(H,22,27)(H,23,24). The average molecular weight is 434 g/mol. The Hall–Kier alpha value is -2.23. The largest absolute Gasteiger partial charge is 0.322 e. The number of rotatable bonds is 5. The predicted molar refractivity (Wildman–Crippen MR) is 117 cm³/mol. The third kappa shape index (κ3) is 4.91. The van der Waals surface area contributed by atoms with Crippen LogP contribution in [-0.2, 0) is 20.2 Å². The maximum atomic E-state index is 13.0. The quantitative estimate of drug-likeness (QED) is 0.754. The first kappa shape index (κ1) is 22.5. The molecule has 2 aromatic rings. The molecule has 2 heterocycles. The molecule has 0 spiro atoms. The zero-order valence-electron chi connectivity index (χ0n) is 18.3. The van der Waals surface area contributed by atoms with Crippen molar-refractivity contribution in [1.29, 1.82) is 0 Å². The molecule has 1 aromatic heterocycles. The maximum absolute atomic E-state index is 13.0. The second-order valence-corrected chi connectivity index (χ2v) is 10.7. The number of piperazine rings is 1. The van der Waals surface area contributed by atoms with Gasteiger partial charge in [-0.3, -0.25) is 14.8 Å². The van der Waals surface area contributed by atoms with Crippen LogP contribution in [0.1, 0.15) is 37.7 Å². The highest BCUT2D eigenvalue weighted by Gasteiger charge is 2.29. The van der Waals surface area contributed by atoms with Gasteiger partial charge in [-0.1, -0.05) is 32.9 Å². The Bertz CT molecular complexity index is 979. The van der Waals surface area contributed by atoms with Crippen molar-refractivity contribution in [1.82, 2.24) is 19.4 Å². The molecular formula is C21H31N5O3S. The van der Waals surface area contributed by atoms with Crippen molar-refractivity contribution in [2.24, 2.45) is 0 Å². The topological polar surface area (TPSA) is 98.4 Å². The van der Waals surface area contributed by atoms with E-state index < -0.39 is 10.0 Å². The number of carbonyl (C=O) groups is 1. The van der Waals surface area contributed by atoms with Gasteiger partial charge in [0.2, 0.25) is 15.9 Å². The number of aryl methyl sites for hydroxylation is 2. The van der Waals surface area contributed by atoms with E-state index in [4.69, 9.17) is 0 Å². The summed E-state index contributed by atoms with van der Waals surface area (Å²) in [5, 5.41) is 9.80. The molecule has 0 atom stereocenters. The van der Waals surface area contributed by atoms with Gasteiger partial charge in [-0.2, -0.15) is 9.40 Å². The van der Waals surface area contributed by atoms with Crippen LogP contribution < -0.4 is 5.32 Å². The Morgan fingerprint density at radius 2 is 1.70 bits per heavy atom. The van der Waals surface area contributed by atoms with E-state index in [1.807, 2.05) is 30.9 Å². The van der Waals surface area contributed by atoms with Crippen molar-refractivity contribution >= 4 is 21.6 Å². The highest BCUT2D eigenvalue weighted by molar-refractivity contribution is 7.89. The van der Waals surface area contributed by atoms with Crippen molar-refractivity contribution in [3.8, 4) is 0 Å². The van der Waals surface area contributed by atoms with E-state index in [9.17, 15) is 13.2 Å². The van der Waals surface area contributed by atoms with Crippen molar-refractivity contribution in [2.75, 3.05) is 38.0 Å². The summed E-state index contributed by atoms with van der Waals surface area (Å²) in [4.78, 5) is 14.6. The van der Waals surface area contributed by atoms with Gasteiger partial charge in [0.25, 0.3) is 0 Å². The van der Waals surface area contributed by atoms with Crippen LogP contribution in [0.25, 0.3) is 0 Å². The summed E-state index contributed by atoms with van der Waals surface area (Å²) in [7, 11) is -3.53. The summed E-state index contributed by atoms with van der Waals surface area (Å²) in [5.41, 5.74) is 3.34. The van der Waals surface area contributed by atoms with Crippen LogP contribution in [0, 0.1) is 13.8 Å². The molecule has 0 bridgehead atoms. The van der Waals surface area contributed by atoms with Gasteiger partial charge in [-0.25, -0.2) is 8.42 Å². The normalized spacial score (nSPS) is 16.6. The van der Waals surface area contributed by atoms with Gasteiger partial charge in [0.1, 0.15) is 0 Å².